The summed E-state index contributed by atoms with van der Waals surface area (Å²) in [6.45, 7) is 1.50. The predicted octanol–water partition coefficient (Wildman–Crippen LogP) is 0.204. The van der Waals surface area contributed by atoms with Gasteiger partial charge in [0, 0.05) is 51.4 Å². The van der Waals surface area contributed by atoms with Crippen LogP contribution in [0.2, 0.25) is 0 Å². The number of ketones is 1. The second-order valence-electron chi connectivity index (χ2n) is 6.00. The number of carbonyl (C=O) groups excluding carboxylic acids is 2. The van der Waals surface area contributed by atoms with Crippen molar-refractivity contribution < 1.29 is 18.0 Å². The van der Waals surface area contributed by atoms with Crippen LogP contribution in [0.5, 0.6) is 0 Å². The van der Waals surface area contributed by atoms with Gasteiger partial charge < -0.3 is 4.90 Å². The molecule has 0 unspecified atom stereocenters. The number of Topliss-reactive ketones (excluding diaryl/α,β-unsaturated/α-hetero) is 1. The van der Waals surface area contributed by atoms with E-state index in [4.69, 9.17) is 0 Å². The molecule has 1 saturated heterocycles. The summed E-state index contributed by atoms with van der Waals surface area (Å²) in [5.41, 5.74) is 2.19. The van der Waals surface area contributed by atoms with Crippen LogP contribution in [0.25, 0.3) is 0 Å². The SMILES string of the molecule is CS(=O)(=O)N1CCc2c(cncc2C(=O)N2CCC(=O)CC2)C1. The zero-order valence-electron chi connectivity index (χ0n) is 13.0. The van der Waals surface area contributed by atoms with Crippen molar-refractivity contribution >= 4 is 21.7 Å². The first-order valence-electron chi connectivity index (χ1n) is 7.58. The van der Waals surface area contributed by atoms with Crippen molar-refractivity contribution in [2.45, 2.75) is 25.8 Å². The van der Waals surface area contributed by atoms with Gasteiger partial charge in [0.15, 0.2) is 0 Å². The molecule has 1 aromatic rings. The average molecular weight is 337 g/mol. The maximum Gasteiger partial charge on any atom is 0.255 e. The highest BCUT2D eigenvalue weighted by molar-refractivity contribution is 7.88. The lowest BCUT2D eigenvalue weighted by atomic mass is 9.97. The van der Waals surface area contributed by atoms with Crippen LogP contribution in [0.3, 0.4) is 0 Å². The molecule has 8 heteroatoms. The molecule has 124 valence electrons. The van der Waals surface area contributed by atoms with E-state index in [-0.39, 0.29) is 18.2 Å². The quantitative estimate of drug-likeness (QED) is 0.769. The Morgan fingerprint density at radius 1 is 1.13 bits per heavy atom. The molecule has 0 aromatic carbocycles. The van der Waals surface area contributed by atoms with E-state index >= 15 is 0 Å². The zero-order chi connectivity index (χ0) is 16.6. The van der Waals surface area contributed by atoms with Crippen LogP contribution in [0.1, 0.15) is 34.3 Å². The van der Waals surface area contributed by atoms with Gasteiger partial charge in [0.25, 0.3) is 5.91 Å². The number of hydrogen-bond acceptors (Lipinski definition) is 5. The van der Waals surface area contributed by atoms with Crippen molar-refractivity contribution in [1.82, 2.24) is 14.2 Å². The molecule has 7 nitrogen and oxygen atoms in total. The Morgan fingerprint density at radius 3 is 2.48 bits per heavy atom. The number of pyridine rings is 1. The highest BCUT2D eigenvalue weighted by Gasteiger charge is 2.29. The second kappa shape index (κ2) is 6.01. The van der Waals surface area contributed by atoms with Crippen LogP contribution >= 0.6 is 0 Å². The number of likely N-dealkylation sites (tertiary alicyclic amines) is 1. The third kappa shape index (κ3) is 3.28. The van der Waals surface area contributed by atoms with E-state index in [9.17, 15) is 18.0 Å². The lowest BCUT2D eigenvalue weighted by Gasteiger charge is -2.30. The summed E-state index contributed by atoms with van der Waals surface area (Å²) in [4.78, 5) is 29.8. The molecule has 3 rings (SSSR count). The monoisotopic (exact) mass is 337 g/mol. The molecule has 0 N–H and O–H groups in total. The van der Waals surface area contributed by atoms with Gasteiger partial charge in [-0.1, -0.05) is 0 Å². The van der Waals surface area contributed by atoms with Gasteiger partial charge in [-0.15, -0.1) is 0 Å². The van der Waals surface area contributed by atoms with Gasteiger partial charge in [-0.25, -0.2) is 8.42 Å². The summed E-state index contributed by atoms with van der Waals surface area (Å²) in [5, 5.41) is 0. The summed E-state index contributed by atoms with van der Waals surface area (Å²) in [6, 6.07) is 0. The standard InChI is InChI=1S/C15H19N3O4S/c1-23(21,22)18-7-4-13-11(10-18)8-16-9-14(13)15(20)17-5-2-12(19)3-6-17/h8-9H,2-7,10H2,1H3. The fourth-order valence-corrected chi connectivity index (χ4v) is 3.86. The largest absolute Gasteiger partial charge is 0.338 e. The first kappa shape index (κ1) is 16.1. The Kier molecular flexibility index (Phi) is 4.20. The van der Waals surface area contributed by atoms with Gasteiger partial charge in [0.1, 0.15) is 5.78 Å². The molecule has 3 heterocycles. The average Bonchev–Trinajstić information content (AvgIpc) is 2.53. The molecule has 2 aliphatic rings. The van der Waals surface area contributed by atoms with Crippen LogP contribution < -0.4 is 0 Å². The molecule has 0 radical (unpaired) electrons. The summed E-state index contributed by atoms with van der Waals surface area (Å²) >= 11 is 0. The molecule has 0 bridgehead atoms. The highest BCUT2D eigenvalue weighted by Crippen LogP contribution is 2.24. The molecule has 23 heavy (non-hydrogen) atoms. The molecular weight excluding hydrogens is 318 g/mol. The molecule has 1 fully saturated rings. The van der Waals surface area contributed by atoms with Crippen LogP contribution in [-0.4, -0.2) is 60.2 Å². The van der Waals surface area contributed by atoms with Crippen LogP contribution in [0, 0.1) is 0 Å². The normalized spacial score (nSPS) is 19.5. The minimum absolute atomic E-state index is 0.116. The highest BCUT2D eigenvalue weighted by atomic mass is 32.2. The lowest BCUT2D eigenvalue weighted by molar-refractivity contribution is -0.120. The number of fused-ring (bicyclic) bond motifs is 1. The number of amides is 1. The van der Waals surface area contributed by atoms with E-state index in [0.717, 1.165) is 11.1 Å². The van der Waals surface area contributed by atoms with Crippen molar-refractivity contribution in [3.8, 4) is 0 Å². The van der Waals surface area contributed by atoms with Gasteiger partial charge >= 0.3 is 0 Å². The molecule has 1 aromatic heterocycles. The van der Waals surface area contributed by atoms with Crippen molar-refractivity contribution in [2.75, 3.05) is 25.9 Å². The Labute approximate surface area is 135 Å². The summed E-state index contributed by atoms with van der Waals surface area (Å²) in [5.74, 6) is 0.0701. The first-order valence-corrected chi connectivity index (χ1v) is 9.43. The summed E-state index contributed by atoms with van der Waals surface area (Å²) in [7, 11) is -3.26. The molecule has 0 aliphatic carbocycles. The number of carbonyl (C=O) groups is 2. The minimum Gasteiger partial charge on any atom is -0.338 e. The van der Waals surface area contributed by atoms with E-state index in [1.807, 2.05) is 0 Å². The van der Waals surface area contributed by atoms with E-state index in [0.29, 0.717) is 44.5 Å². The van der Waals surface area contributed by atoms with Crippen LogP contribution in [-0.2, 0) is 27.8 Å². The third-order valence-electron chi connectivity index (χ3n) is 4.41. The topological polar surface area (TPSA) is 87.7 Å². The molecule has 1 amide bonds. The van der Waals surface area contributed by atoms with Gasteiger partial charge in [0.2, 0.25) is 10.0 Å². The fraction of sp³-hybridized carbons (Fsp3) is 0.533. The number of aromatic nitrogens is 1. The first-order chi connectivity index (χ1) is 10.9. The van der Waals surface area contributed by atoms with Crippen molar-refractivity contribution in [3.63, 3.8) is 0 Å². The predicted molar refractivity (Wildman–Crippen MR) is 83.3 cm³/mol. The van der Waals surface area contributed by atoms with Crippen LogP contribution in [0.15, 0.2) is 12.4 Å². The Balaban J connectivity index is 1.85. The third-order valence-corrected chi connectivity index (χ3v) is 5.66. The maximum atomic E-state index is 12.7. The smallest absolute Gasteiger partial charge is 0.255 e. The fourth-order valence-electron chi connectivity index (χ4n) is 3.06. The van der Waals surface area contributed by atoms with E-state index in [1.54, 1.807) is 17.3 Å². The Bertz CT molecular complexity index is 750. The van der Waals surface area contributed by atoms with Crippen LogP contribution in [0.4, 0.5) is 0 Å². The van der Waals surface area contributed by atoms with Crippen molar-refractivity contribution in [2.24, 2.45) is 0 Å². The lowest BCUT2D eigenvalue weighted by Crippen LogP contribution is -2.40. The van der Waals surface area contributed by atoms with Gasteiger partial charge in [-0.05, 0) is 17.5 Å². The summed E-state index contributed by atoms with van der Waals surface area (Å²) in [6.07, 6.45) is 5.66. The Morgan fingerprint density at radius 2 is 1.83 bits per heavy atom. The number of sulfonamides is 1. The zero-order valence-corrected chi connectivity index (χ0v) is 13.8. The minimum atomic E-state index is -3.26. The number of hydrogen-bond donors (Lipinski definition) is 0. The van der Waals surface area contributed by atoms with Gasteiger partial charge in [-0.3, -0.25) is 14.6 Å². The van der Waals surface area contributed by atoms with Gasteiger partial charge in [-0.2, -0.15) is 4.31 Å². The summed E-state index contributed by atoms with van der Waals surface area (Å²) < 4.78 is 24.8. The van der Waals surface area contributed by atoms with E-state index in [2.05, 4.69) is 4.98 Å². The molecule has 2 aliphatic heterocycles. The van der Waals surface area contributed by atoms with Gasteiger partial charge in [0.05, 0.1) is 11.8 Å². The number of rotatable bonds is 2. The van der Waals surface area contributed by atoms with E-state index < -0.39 is 10.0 Å². The maximum absolute atomic E-state index is 12.7. The number of nitrogens with zero attached hydrogens (tertiary/aromatic N) is 3. The second-order valence-corrected chi connectivity index (χ2v) is 7.98. The van der Waals surface area contributed by atoms with Crippen molar-refractivity contribution in [3.05, 3.63) is 29.1 Å². The molecule has 0 spiro atoms. The van der Waals surface area contributed by atoms with E-state index in [1.165, 1.54) is 10.6 Å². The molecule has 0 saturated carbocycles. The van der Waals surface area contributed by atoms with Crippen molar-refractivity contribution in [1.29, 1.82) is 0 Å². The number of piperidine rings is 1. The molecular formula is C15H19N3O4S. The molecule has 0 atom stereocenters. The Hall–Kier alpha value is -1.80.